The predicted octanol–water partition coefficient (Wildman–Crippen LogP) is 1.94. The lowest BCUT2D eigenvalue weighted by Gasteiger charge is -2.22. The van der Waals surface area contributed by atoms with Crippen LogP contribution in [0.2, 0.25) is 0 Å². The number of hydrogen-bond donors (Lipinski definition) is 2. The maximum atomic E-state index is 10.6. The van der Waals surface area contributed by atoms with Gasteiger partial charge in [-0.15, -0.1) is 10.2 Å². The number of rotatable bonds is 6. The summed E-state index contributed by atoms with van der Waals surface area (Å²) in [5, 5.41) is 19.1. The van der Waals surface area contributed by atoms with Crippen LogP contribution in [-0.2, 0) is 4.74 Å². The molecule has 0 spiro atoms. The summed E-state index contributed by atoms with van der Waals surface area (Å²) in [6, 6.07) is 3.04. The minimum Gasteiger partial charge on any atom is -0.476 e. The Morgan fingerprint density at radius 3 is 2.74 bits per heavy atom. The van der Waals surface area contributed by atoms with Gasteiger partial charge in [-0.3, -0.25) is 0 Å². The smallest absolute Gasteiger partial charge is 0.356 e. The Morgan fingerprint density at radius 1 is 1.32 bits per heavy atom. The van der Waals surface area contributed by atoms with Crippen molar-refractivity contribution in [1.29, 1.82) is 0 Å². The Morgan fingerprint density at radius 2 is 2.11 bits per heavy atom. The molecule has 0 amide bonds. The van der Waals surface area contributed by atoms with Gasteiger partial charge in [0.2, 0.25) is 0 Å². The standard InChI is InChI=1S/C13H19N3O3/c17-13(18)11-6-7-12(16-15-11)14-8-9-19-10-4-2-1-3-5-10/h6-7,10H,1-5,8-9H2,(H,14,16)(H,17,18). The van der Waals surface area contributed by atoms with E-state index in [-0.39, 0.29) is 5.69 Å². The third-order valence-corrected chi connectivity index (χ3v) is 3.20. The lowest BCUT2D eigenvalue weighted by atomic mass is 9.98. The molecular formula is C13H19N3O3. The molecule has 6 heteroatoms. The molecule has 1 aromatic rings. The van der Waals surface area contributed by atoms with Crippen LogP contribution in [0.4, 0.5) is 5.82 Å². The van der Waals surface area contributed by atoms with Crippen LogP contribution in [0.1, 0.15) is 42.6 Å². The Bertz CT molecular complexity index is 402. The van der Waals surface area contributed by atoms with Gasteiger partial charge in [0.15, 0.2) is 5.69 Å². The fourth-order valence-corrected chi connectivity index (χ4v) is 2.18. The van der Waals surface area contributed by atoms with Gasteiger partial charge in [-0.25, -0.2) is 4.79 Å². The first kappa shape index (κ1) is 13.7. The zero-order valence-corrected chi connectivity index (χ0v) is 10.8. The van der Waals surface area contributed by atoms with Crippen LogP contribution in [0, 0.1) is 0 Å². The van der Waals surface area contributed by atoms with Crippen molar-refractivity contribution < 1.29 is 14.6 Å². The summed E-state index contributed by atoms with van der Waals surface area (Å²) in [5.74, 6) is -0.503. The minimum atomic E-state index is -1.07. The van der Waals surface area contributed by atoms with Crippen molar-refractivity contribution in [3.63, 3.8) is 0 Å². The summed E-state index contributed by atoms with van der Waals surface area (Å²) in [7, 11) is 0. The molecule has 6 nitrogen and oxygen atoms in total. The first-order chi connectivity index (χ1) is 9.25. The molecule has 0 unspecified atom stereocenters. The lowest BCUT2D eigenvalue weighted by molar-refractivity contribution is 0.0347. The van der Waals surface area contributed by atoms with E-state index < -0.39 is 5.97 Å². The van der Waals surface area contributed by atoms with Crippen molar-refractivity contribution in [3.8, 4) is 0 Å². The van der Waals surface area contributed by atoms with E-state index in [0.29, 0.717) is 25.1 Å². The van der Waals surface area contributed by atoms with Gasteiger partial charge in [0.05, 0.1) is 12.7 Å². The number of carboxylic acids is 1. The van der Waals surface area contributed by atoms with E-state index in [4.69, 9.17) is 9.84 Å². The molecule has 1 aliphatic rings. The van der Waals surface area contributed by atoms with Crippen LogP contribution in [-0.4, -0.2) is 40.5 Å². The number of nitrogens with one attached hydrogen (secondary N) is 1. The van der Waals surface area contributed by atoms with E-state index in [1.165, 1.54) is 25.3 Å². The second-order valence-electron chi connectivity index (χ2n) is 4.67. The normalized spacial score (nSPS) is 16.2. The van der Waals surface area contributed by atoms with E-state index in [9.17, 15) is 4.79 Å². The molecular weight excluding hydrogens is 246 g/mol. The van der Waals surface area contributed by atoms with Crippen LogP contribution in [0.5, 0.6) is 0 Å². The van der Waals surface area contributed by atoms with Crippen molar-refractivity contribution in [2.45, 2.75) is 38.2 Å². The quantitative estimate of drug-likeness (QED) is 0.765. The minimum absolute atomic E-state index is 0.0518. The third-order valence-electron chi connectivity index (χ3n) is 3.20. The number of carboxylic acid groups (broad SMARTS) is 1. The van der Waals surface area contributed by atoms with Gasteiger partial charge in [0.1, 0.15) is 5.82 Å². The summed E-state index contributed by atoms with van der Waals surface area (Å²) < 4.78 is 5.76. The molecule has 0 bridgehead atoms. The highest BCUT2D eigenvalue weighted by Crippen LogP contribution is 2.19. The van der Waals surface area contributed by atoms with Gasteiger partial charge < -0.3 is 15.2 Å². The predicted molar refractivity (Wildman–Crippen MR) is 70.3 cm³/mol. The van der Waals surface area contributed by atoms with Crippen LogP contribution in [0.25, 0.3) is 0 Å². The molecule has 0 atom stereocenters. The molecule has 0 saturated heterocycles. The number of nitrogens with zero attached hydrogens (tertiary/aromatic N) is 2. The average molecular weight is 265 g/mol. The number of anilines is 1. The van der Waals surface area contributed by atoms with E-state index in [1.54, 1.807) is 6.07 Å². The molecule has 19 heavy (non-hydrogen) atoms. The number of hydrogen-bond acceptors (Lipinski definition) is 5. The first-order valence-corrected chi connectivity index (χ1v) is 6.68. The summed E-state index contributed by atoms with van der Waals surface area (Å²) in [4.78, 5) is 10.6. The largest absolute Gasteiger partial charge is 0.476 e. The second-order valence-corrected chi connectivity index (χ2v) is 4.67. The number of ether oxygens (including phenoxy) is 1. The Balaban J connectivity index is 1.66. The zero-order chi connectivity index (χ0) is 13.5. The van der Waals surface area contributed by atoms with Crippen LogP contribution in [0.15, 0.2) is 12.1 Å². The Labute approximate surface area is 112 Å². The first-order valence-electron chi connectivity index (χ1n) is 6.68. The van der Waals surface area contributed by atoms with Gasteiger partial charge in [0, 0.05) is 6.54 Å². The lowest BCUT2D eigenvalue weighted by Crippen LogP contribution is -2.20. The molecule has 104 valence electrons. The molecule has 0 aliphatic heterocycles. The molecule has 1 fully saturated rings. The van der Waals surface area contributed by atoms with Gasteiger partial charge in [-0.2, -0.15) is 0 Å². The maximum Gasteiger partial charge on any atom is 0.356 e. The summed E-state index contributed by atoms with van der Waals surface area (Å²) in [6.45, 7) is 1.28. The van der Waals surface area contributed by atoms with E-state index in [1.807, 2.05) is 0 Å². The average Bonchev–Trinajstić information content (AvgIpc) is 2.45. The molecule has 1 heterocycles. The maximum absolute atomic E-state index is 10.6. The highest BCUT2D eigenvalue weighted by Gasteiger charge is 2.13. The molecule has 1 aromatic heterocycles. The fraction of sp³-hybridized carbons (Fsp3) is 0.615. The third kappa shape index (κ3) is 4.48. The van der Waals surface area contributed by atoms with Crippen molar-refractivity contribution in [1.82, 2.24) is 10.2 Å². The van der Waals surface area contributed by atoms with Crippen LogP contribution in [0.3, 0.4) is 0 Å². The van der Waals surface area contributed by atoms with Gasteiger partial charge in [-0.1, -0.05) is 19.3 Å². The molecule has 0 radical (unpaired) electrons. The number of aromatic carboxylic acids is 1. The zero-order valence-electron chi connectivity index (χ0n) is 10.8. The molecule has 0 aromatic carbocycles. The Hall–Kier alpha value is -1.69. The number of aromatic nitrogens is 2. The molecule has 1 saturated carbocycles. The molecule has 1 aliphatic carbocycles. The van der Waals surface area contributed by atoms with E-state index in [2.05, 4.69) is 15.5 Å². The van der Waals surface area contributed by atoms with Crippen molar-refractivity contribution in [2.24, 2.45) is 0 Å². The summed E-state index contributed by atoms with van der Waals surface area (Å²) >= 11 is 0. The molecule has 2 rings (SSSR count). The van der Waals surface area contributed by atoms with Gasteiger partial charge in [-0.05, 0) is 25.0 Å². The summed E-state index contributed by atoms with van der Waals surface area (Å²) in [5.41, 5.74) is -0.0518. The van der Waals surface area contributed by atoms with Gasteiger partial charge in [0.25, 0.3) is 0 Å². The van der Waals surface area contributed by atoms with E-state index in [0.717, 1.165) is 12.8 Å². The SMILES string of the molecule is O=C(O)c1ccc(NCCOC2CCCCC2)nn1. The highest BCUT2D eigenvalue weighted by molar-refractivity contribution is 5.85. The Kier molecular flexibility index (Phi) is 5.09. The van der Waals surface area contributed by atoms with Crippen molar-refractivity contribution in [2.75, 3.05) is 18.5 Å². The van der Waals surface area contributed by atoms with Crippen molar-refractivity contribution >= 4 is 11.8 Å². The van der Waals surface area contributed by atoms with E-state index >= 15 is 0 Å². The topological polar surface area (TPSA) is 84.3 Å². The molecule has 2 N–H and O–H groups in total. The van der Waals surface area contributed by atoms with Gasteiger partial charge >= 0.3 is 5.97 Å². The fourth-order valence-electron chi connectivity index (χ4n) is 2.18. The second kappa shape index (κ2) is 7.04. The van der Waals surface area contributed by atoms with Crippen molar-refractivity contribution in [3.05, 3.63) is 17.8 Å². The monoisotopic (exact) mass is 265 g/mol. The highest BCUT2D eigenvalue weighted by atomic mass is 16.5. The number of carbonyl (C=O) groups is 1. The summed E-state index contributed by atoms with van der Waals surface area (Å²) in [6.07, 6.45) is 6.57. The van der Waals surface area contributed by atoms with Crippen LogP contribution < -0.4 is 5.32 Å². The van der Waals surface area contributed by atoms with Crippen LogP contribution >= 0.6 is 0 Å².